The molecule has 2 unspecified atom stereocenters. The molecule has 2 heterocycles. The van der Waals surface area contributed by atoms with Gasteiger partial charge in [-0.25, -0.2) is 4.68 Å². The molecule has 2 aromatic heterocycles. The molecule has 158 valence electrons. The Kier molecular flexibility index (Phi) is 6.66. The van der Waals surface area contributed by atoms with E-state index in [1.165, 1.54) is 0 Å². The predicted octanol–water partition coefficient (Wildman–Crippen LogP) is 5.16. The summed E-state index contributed by atoms with van der Waals surface area (Å²) in [5, 5.41) is 15.5. The van der Waals surface area contributed by atoms with Crippen molar-refractivity contribution in [3.05, 3.63) is 64.3 Å². The minimum atomic E-state index is -0.177. The lowest BCUT2D eigenvalue weighted by molar-refractivity contribution is 0.133. The highest BCUT2D eigenvalue weighted by molar-refractivity contribution is 8.00. The van der Waals surface area contributed by atoms with E-state index in [9.17, 15) is 9.90 Å². The van der Waals surface area contributed by atoms with Crippen molar-refractivity contribution in [1.29, 1.82) is 0 Å². The molecule has 2 atom stereocenters. The highest BCUT2D eigenvalue weighted by Crippen LogP contribution is 2.37. The van der Waals surface area contributed by atoms with Gasteiger partial charge < -0.3 is 9.67 Å². The van der Waals surface area contributed by atoms with Crippen LogP contribution in [0.3, 0.4) is 0 Å². The SMILES string of the molecule is CCCn1cc(-n2cc(-c3ccc(SC4CCCC(O)C4)cc3Cl)cn2)ccc1=O. The first-order chi connectivity index (χ1) is 14.5. The molecule has 0 spiro atoms. The first-order valence-electron chi connectivity index (χ1n) is 10.4. The fraction of sp³-hybridized carbons (Fsp3) is 0.391. The smallest absolute Gasteiger partial charge is 0.250 e. The quantitative estimate of drug-likeness (QED) is 0.571. The standard InChI is InChI=1S/C23H26ClN3O2S/c1-2-10-26-15-17(6-9-23(26)29)27-14-16(13-25-27)21-8-7-20(12-22(21)24)30-19-5-3-4-18(28)11-19/h6-9,12-15,18-19,28H,2-5,10-11H2,1H3. The van der Waals surface area contributed by atoms with E-state index in [1.807, 2.05) is 31.5 Å². The van der Waals surface area contributed by atoms with Gasteiger partial charge in [0.1, 0.15) is 0 Å². The molecule has 4 rings (SSSR count). The van der Waals surface area contributed by atoms with Gasteiger partial charge >= 0.3 is 0 Å². The van der Waals surface area contributed by atoms with Crippen LogP contribution in [-0.4, -0.2) is 30.8 Å². The Morgan fingerprint density at radius 2 is 2.10 bits per heavy atom. The number of aliphatic hydroxyl groups excluding tert-OH is 1. The molecule has 0 radical (unpaired) electrons. The van der Waals surface area contributed by atoms with E-state index >= 15 is 0 Å². The molecule has 1 aliphatic rings. The summed E-state index contributed by atoms with van der Waals surface area (Å²) in [6.45, 7) is 2.73. The molecule has 1 fully saturated rings. The van der Waals surface area contributed by atoms with Crippen LogP contribution in [0.15, 0.2) is 58.6 Å². The molecular weight excluding hydrogens is 418 g/mol. The lowest BCUT2D eigenvalue weighted by Crippen LogP contribution is -2.20. The van der Waals surface area contributed by atoms with Crippen molar-refractivity contribution >= 4 is 23.4 Å². The van der Waals surface area contributed by atoms with E-state index in [0.717, 1.165) is 53.8 Å². The number of aryl methyl sites for hydroxylation is 1. The average molecular weight is 444 g/mol. The van der Waals surface area contributed by atoms with E-state index < -0.39 is 0 Å². The zero-order valence-corrected chi connectivity index (χ0v) is 18.6. The van der Waals surface area contributed by atoms with Crippen molar-refractivity contribution in [3.8, 4) is 16.8 Å². The largest absolute Gasteiger partial charge is 0.393 e. The van der Waals surface area contributed by atoms with Gasteiger partial charge in [0.05, 0.1) is 18.0 Å². The normalized spacial score (nSPS) is 19.2. The van der Waals surface area contributed by atoms with Crippen LogP contribution in [-0.2, 0) is 6.54 Å². The number of hydrogen-bond donors (Lipinski definition) is 1. The average Bonchev–Trinajstić information content (AvgIpc) is 3.20. The van der Waals surface area contributed by atoms with E-state index in [2.05, 4.69) is 11.2 Å². The number of thioether (sulfide) groups is 1. The van der Waals surface area contributed by atoms with Crippen LogP contribution in [0.2, 0.25) is 5.02 Å². The van der Waals surface area contributed by atoms with Gasteiger partial charge in [-0.2, -0.15) is 5.10 Å². The number of benzene rings is 1. The van der Waals surface area contributed by atoms with Crippen LogP contribution in [0.4, 0.5) is 0 Å². The van der Waals surface area contributed by atoms with Crippen molar-refractivity contribution in [2.45, 2.75) is 61.8 Å². The fourth-order valence-corrected chi connectivity index (χ4v) is 5.57. The summed E-state index contributed by atoms with van der Waals surface area (Å²) in [7, 11) is 0. The van der Waals surface area contributed by atoms with Gasteiger partial charge in [-0.15, -0.1) is 11.8 Å². The first kappa shape index (κ1) is 21.2. The number of hydrogen-bond acceptors (Lipinski definition) is 4. The maximum absolute atomic E-state index is 12.0. The second-order valence-corrected chi connectivity index (χ2v) is 9.58. The fourth-order valence-electron chi connectivity index (χ4n) is 3.90. The van der Waals surface area contributed by atoms with Crippen LogP contribution in [0.5, 0.6) is 0 Å². The minimum absolute atomic E-state index is 0.00500. The molecule has 1 N–H and O–H groups in total. The molecule has 0 amide bonds. The predicted molar refractivity (Wildman–Crippen MR) is 123 cm³/mol. The van der Waals surface area contributed by atoms with Gasteiger partial charge in [-0.3, -0.25) is 4.79 Å². The Morgan fingerprint density at radius 3 is 2.87 bits per heavy atom. The summed E-state index contributed by atoms with van der Waals surface area (Å²) in [4.78, 5) is 13.1. The lowest BCUT2D eigenvalue weighted by Gasteiger charge is -2.25. The van der Waals surface area contributed by atoms with Crippen LogP contribution in [0.25, 0.3) is 16.8 Å². The summed E-state index contributed by atoms with van der Waals surface area (Å²) in [6.07, 6.45) is 10.2. The minimum Gasteiger partial charge on any atom is -0.393 e. The van der Waals surface area contributed by atoms with Gasteiger partial charge in [0.15, 0.2) is 0 Å². The maximum atomic E-state index is 12.0. The van der Waals surface area contributed by atoms with Gasteiger partial charge in [0.2, 0.25) is 0 Å². The maximum Gasteiger partial charge on any atom is 0.250 e. The second-order valence-electron chi connectivity index (χ2n) is 7.79. The Balaban J connectivity index is 1.53. The highest BCUT2D eigenvalue weighted by atomic mass is 35.5. The van der Waals surface area contributed by atoms with E-state index in [-0.39, 0.29) is 11.7 Å². The van der Waals surface area contributed by atoms with Crippen molar-refractivity contribution in [1.82, 2.24) is 14.3 Å². The lowest BCUT2D eigenvalue weighted by atomic mass is 9.97. The zero-order valence-electron chi connectivity index (χ0n) is 17.0. The number of nitrogens with zero attached hydrogens (tertiary/aromatic N) is 3. The van der Waals surface area contributed by atoms with Crippen molar-refractivity contribution in [3.63, 3.8) is 0 Å². The molecule has 7 heteroatoms. The molecule has 1 saturated carbocycles. The van der Waals surface area contributed by atoms with Crippen LogP contribution < -0.4 is 5.56 Å². The summed E-state index contributed by atoms with van der Waals surface area (Å²) in [6, 6.07) is 9.48. The van der Waals surface area contributed by atoms with Crippen molar-refractivity contribution < 1.29 is 5.11 Å². The third-order valence-corrected chi connectivity index (χ3v) is 7.03. The Hall–Kier alpha value is -2.02. The topological polar surface area (TPSA) is 60.1 Å². The van der Waals surface area contributed by atoms with E-state index in [1.54, 1.807) is 39.3 Å². The van der Waals surface area contributed by atoms with E-state index in [0.29, 0.717) is 16.8 Å². The number of aliphatic hydroxyl groups is 1. The second kappa shape index (κ2) is 9.41. The van der Waals surface area contributed by atoms with Crippen LogP contribution in [0, 0.1) is 0 Å². The van der Waals surface area contributed by atoms with E-state index in [4.69, 9.17) is 11.6 Å². The molecule has 0 aliphatic heterocycles. The molecular formula is C23H26ClN3O2S. The van der Waals surface area contributed by atoms with Gasteiger partial charge in [0.25, 0.3) is 5.56 Å². The Morgan fingerprint density at radius 1 is 1.23 bits per heavy atom. The Bertz CT molecular complexity index is 1080. The molecule has 30 heavy (non-hydrogen) atoms. The third kappa shape index (κ3) is 4.82. The molecule has 0 bridgehead atoms. The summed E-state index contributed by atoms with van der Waals surface area (Å²) >= 11 is 8.41. The van der Waals surface area contributed by atoms with Crippen molar-refractivity contribution in [2.75, 3.05) is 0 Å². The van der Waals surface area contributed by atoms with Gasteiger partial charge in [-0.1, -0.05) is 24.6 Å². The number of aromatic nitrogens is 3. The first-order valence-corrected chi connectivity index (χ1v) is 11.7. The molecule has 1 aliphatic carbocycles. The summed E-state index contributed by atoms with van der Waals surface area (Å²) in [5.74, 6) is 0. The number of pyridine rings is 1. The highest BCUT2D eigenvalue weighted by Gasteiger charge is 2.21. The third-order valence-electron chi connectivity index (χ3n) is 5.43. The Labute approximate surface area is 185 Å². The zero-order chi connectivity index (χ0) is 21.1. The number of halogens is 1. The van der Waals surface area contributed by atoms with Gasteiger partial charge in [0, 0.05) is 51.3 Å². The van der Waals surface area contributed by atoms with Crippen LogP contribution in [0.1, 0.15) is 39.0 Å². The summed E-state index contributed by atoms with van der Waals surface area (Å²) in [5.41, 5.74) is 2.69. The molecule has 0 saturated heterocycles. The monoisotopic (exact) mass is 443 g/mol. The number of rotatable bonds is 6. The summed E-state index contributed by atoms with van der Waals surface area (Å²) < 4.78 is 3.47. The molecule has 3 aromatic rings. The van der Waals surface area contributed by atoms with Crippen molar-refractivity contribution in [2.24, 2.45) is 0 Å². The van der Waals surface area contributed by atoms with Crippen LogP contribution >= 0.6 is 23.4 Å². The van der Waals surface area contributed by atoms with Gasteiger partial charge in [-0.05, 0) is 50.3 Å². The molecule has 1 aromatic carbocycles. The molecule has 5 nitrogen and oxygen atoms in total.